The van der Waals surface area contributed by atoms with Gasteiger partial charge in [-0.1, -0.05) is 30.3 Å². The van der Waals surface area contributed by atoms with E-state index in [4.69, 9.17) is 0 Å². The van der Waals surface area contributed by atoms with Crippen LogP contribution in [0.1, 0.15) is 18.4 Å². The number of nitrogens with zero attached hydrogens (tertiary/aromatic N) is 1. The molecule has 15 heavy (non-hydrogen) atoms. The summed E-state index contributed by atoms with van der Waals surface area (Å²) >= 11 is 4.05. The summed E-state index contributed by atoms with van der Waals surface area (Å²) in [5.41, 5.74) is 1.19. The summed E-state index contributed by atoms with van der Waals surface area (Å²) in [6.07, 6.45) is 2.29. The number of rotatable bonds is 4. The fraction of sp³-hybridized carbons (Fsp3) is 0.417. The van der Waals surface area contributed by atoms with Crippen molar-refractivity contribution >= 4 is 18.5 Å². The van der Waals surface area contributed by atoms with Crippen molar-refractivity contribution in [2.24, 2.45) is 0 Å². The Balaban J connectivity index is 2.04. The van der Waals surface area contributed by atoms with Gasteiger partial charge in [-0.2, -0.15) is 12.6 Å². The summed E-state index contributed by atoms with van der Waals surface area (Å²) in [6.45, 7) is 0.727. The molecule has 1 amide bonds. The molecule has 1 aliphatic carbocycles. The van der Waals surface area contributed by atoms with Gasteiger partial charge in [-0.25, -0.2) is 0 Å². The van der Waals surface area contributed by atoms with Crippen molar-refractivity contribution in [3.05, 3.63) is 35.9 Å². The molecular formula is C12H15NOS. The number of thiol groups is 1. The molecule has 0 N–H and O–H groups in total. The van der Waals surface area contributed by atoms with Gasteiger partial charge in [-0.3, -0.25) is 4.79 Å². The van der Waals surface area contributed by atoms with Gasteiger partial charge in [0.2, 0.25) is 5.91 Å². The Hall–Kier alpha value is -0.960. The van der Waals surface area contributed by atoms with Crippen molar-refractivity contribution < 1.29 is 4.79 Å². The highest BCUT2D eigenvalue weighted by molar-refractivity contribution is 7.81. The van der Waals surface area contributed by atoms with Crippen molar-refractivity contribution in [2.45, 2.75) is 25.4 Å². The first-order chi connectivity index (χ1) is 7.31. The second kappa shape index (κ2) is 4.71. The number of amides is 1. The number of carbonyl (C=O) groups excluding carboxylic acids is 1. The molecule has 1 aromatic rings. The van der Waals surface area contributed by atoms with Crippen molar-refractivity contribution in [3.63, 3.8) is 0 Å². The van der Waals surface area contributed by atoms with Crippen LogP contribution in [-0.2, 0) is 11.3 Å². The van der Waals surface area contributed by atoms with E-state index >= 15 is 0 Å². The smallest absolute Gasteiger partial charge is 0.232 e. The molecule has 0 radical (unpaired) electrons. The van der Waals surface area contributed by atoms with Gasteiger partial charge in [0.15, 0.2) is 0 Å². The minimum absolute atomic E-state index is 0.143. The maximum absolute atomic E-state index is 11.6. The van der Waals surface area contributed by atoms with E-state index in [2.05, 4.69) is 24.8 Å². The monoisotopic (exact) mass is 221 g/mol. The summed E-state index contributed by atoms with van der Waals surface area (Å²) in [6, 6.07) is 10.6. The minimum atomic E-state index is 0.143. The number of hydrogen-bond acceptors (Lipinski definition) is 2. The fourth-order valence-corrected chi connectivity index (χ4v) is 1.86. The highest BCUT2D eigenvalue weighted by Gasteiger charge is 2.31. The molecule has 0 atom stereocenters. The van der Waals surface area contributed by atoms with Crippen LogP contribution in [0.5, 0.6) is 0 Å². The van der Waals surface area contributed by atoms with Gasteiger partial charge in [-0.05, 0) is 18.4 Å². The van der Waals surface area contributed by atoms with Gasteiger partial charge < -0.3 is 4.90 Å². The first-order valence-corrected chi connectivity index (χ1v) is 5.89. The van der Waals surface area contributed by atoms with Crippen LogP contribution in [0.3, 0.4) is 0 Å². The van der Waals surface area contributed by atoms with E-state index in [-0.39, 0.29) is 5.91 Å². The number of hydrogen-bond donors (Lipinski definition) is 1. The van der Waals surface area contributed by atoms with E-state index < -0.39 is 0 Å². The van der Waals surface area contributed by atoms with Gasteiger partial charge in [0, 0.05) is 12.6 Å². The van der Waals surface area contributed by atoms with Crippen LogP contribution in [0.15, 0.2) is 30.3 Å². The molecule has 2 nitrogen and oxygen atoms in total. The molecule has 1 saturated carbocycles. The highest BCUT2D eigenvalue weighted by Crippen LogP contribution is 2.28. The standard InChI is InChI=1S/C12H15NOS/c14-12(9-15)13(11-6-7-11)8-10-4-2-1-3-5-10/h1-5,11,15H,6-9H2. The van der Waals surface area contributed by atoms with Crippen LogP contribution < -0.4 is 0 Å². The predicted octanol–water partition coefficient (Wildman–Crippen LogP) is 2.11. The molecule has 0 spiro atoms. The maximum Gasteiger partial charge on any atom is 0.232 e. The van der Waals surface area contributed by atoms with Crippen LogP contribution in [-0.4, -0.2) is 22.6 Å². The van der Waals surface area contributed by atoms with Gasteiger partial charge in [0.1, 0.15) is 0 Å². The molecule has 0 aliphatic heterocycles. The largest absolute Gasteiger partial charge is 0.335 e. The Morgan fingerprint density at radius 2 is 2.00 bits per heavy atom. The molecule has 1 aromatic carbocycles. The lowest BCUT2D eigenvalue weighted by atomic mass is 10.2. The summed E-state index contributed by atoms with van der Waals surface area (Å²) in [7, 11) is 0. The molecule has 80 valence electrons. The third-order valence-electron chi connectivity index (χ3n) is 2.64. The van der Waals surface area contributed by atoms with Gasteiger partial charge in [-0.15, -0.1) is 0 Å². The average Bonchev–Trinajstić information content (AvgIpc) is 3.10. The van der Waals surface area contributed by atoms with E-state index in [0.29, 0.717) is 11.8 Å². The van der Waals surface area contributed by atoms with Gasteiger partial charge >= 0.3 is 0 Å². The van der Waals surface area contributed by atoms with E-state index in [1.165, 1.54) is 5.56 Å². The van der Waals surface area contributed by atoms with Crippen LogP contribution in [0.2, 0.25) is 0 Å². The molecule has 3 heteroatoms. The Morgan fingerprint density at radius 3 is 2.53 bits per heavy atom. The molecule has 0 bridgehead atoms. The summed E-state index contributed by atoms with van der Waals surface area (Å²) in [5, 5.41) is 0. The number of carbonyl (C=O) groups is 1. The zero-order chi connectivity index (χ0) is 10.7. The maximum atomic E-state index is 11.6. The summed E-state index contributed by atoms with van der Waals surface area (Å²) in [4.78, 5) is 13.6. The minimum Gasteiger partial charge on any atom is -0.335 e. The third-order valence-corrected chi connectivity index (χ3v) is 2.91. The molecule has 1 aliphatic rings. The number of benzene rings is 1. The Morgan fingerprint density at radius 1 is 1.33 bits per heavy atom. The van der Waals surface area contributed by atoms with Crippen molar-refractivity contribution in [1.82, 2.24) is 4.90 Å². The van der Waals surface area contributed by atoms with Gasteiger partial charge in [0.25, 0.3) is 0 Å². The normalized spacial score (nSPS) is 15.0. The van der Waals surface area contributed by atoms with Crippen molar-refractivity contribution in [3.8, 4) is 0 Å². The zero-order valence-corrected chi connectivity index (χ0v) is 9.49. The lowest BCUT2D eigenvalue weighted by molar-refractivity contribution is -0.129. The lowest BCUT2D eigenvalue weighted by Crippen LogP contribution is -2.33. The average molecular weight is 221 g/mol. The second-order valence-corrected chi connectivity index (χ2v) is 4.21. The molecule has 0 heterocycles. The van der Waals surface area contributed by atoms with Gasteiger partial charge in [0.05, 0.1) is 5.75 Å². The van der Waals surface area contributed by atoms with Crippen LogP contribution >= 0.6 is 12.6 Å². The second-order valence-electron chi connectivity index (χ2n) is 3.90. The summed E-state index contributed by atoms with van der Waals surface area (Å²) < 4.78 is 0. The molecule has 2 rings (SSSR count). The Kier molecular flexibility index (Phi) is 3.31. The fourth-order valence-electron chi connectivity index (χ4n) is 1.68. The topological polar surface area (TPSA) is 20.3 Å². The first-order valence-electron chi connectivity index (χ1n) is 5.25. The molecular weight excluding hydrogens is 206 g/mol. The van der Waals surface area contributed by atoms with Crippen LogP contribution in [0.4, 0.5) is 0 Å². The SMILES string of the molecule is O=C(CS)N(Cc1ccccc1)C1CC1. The van der Waals surface area contributed by atoms with E-state index in [1.54, 1.807) is 0 Å². The predicted molar refractivity (Wildman–Crippen MR) is 63.9 cm³/mol. The van der Waals surface area contributed by atoms with E-state index in [9.17, 15) is 4.79 Å². The molecule has 0 unspecified atom stereocenters. The third kappa shape index (κ3) is 2.75. The Bertz CT molecular complexity index is 335. The summed E-state index contributed by atoms with van der Waals surface area (Å²) in [5.74, 6) is 0.452. The van der Waals surface area contributed by atoms with Crippen LogP contribution in [0.25, 0.3) is 0 Å². The van der Waals surface area contributed by atoms with Crippen molar-refractivity contribution in [1.29, 1.82) is 0 Å². The first kappa shape index (κ1) is 10.6. The van der Waals surface area contributed by atoms with E-state index in [1.807, 2.05) is 23.1 Å². The lowest BCUT2D eigenvalue weighted by Gasteiger charge is -2.21. The van der Waals surface area contributed by atoms with Crippen LogP contribution in [0, 0.1) is 0 Å². The van der Waals surface area contributed by atoms with E-state index in [0.717, 1.165) is 19.4 Å². The Labute approximate surface area is 95.7 Å². The molecule has 0 saturated heterocycles. The quantitative estimate of drug-likeness (QED) is 0.772. The zero-order valence-electron chi connectivity index (χ0n) is 8.60. The highest BCUT2D eigenvalue weighted by atomic mass is 32.1. The molecule has 1 fully saturated rings. The molecule has 0 aromatic heterocycles. The van der Waals surface area contributed by atoms with Crippen molar-refractivity contribution in [2.75, 3.05) is 5.75 Å².